The smallest absolute Gasteiger partial charge is 0.348 e. The first-order chi connectivity index (χ1) is 14.9. The normalized spacial score (nSPS) is 17.6. The van der Waals surface area contributed by atoms with Crippen LogP contribution in [-0.2, 0) is 11.3 Å². The molecule has 0 aliphatic carbocycles. The zero-order chi connectivity index (χ0) is 22.0. The van der Waals surface area contributed by atoms with Crippen LogP contribution in [0.2, 0.25) is 0 Å². The maximum atomic E-state index is 12.7. The molecule has 1 amide bonds. The van der Waals surface area contributed by atoms with Crippen LogP contribution < -0.4 is 16.3 Å². The maximum absolute atomic E-state index is 12.7. The first-order valence-electron chi connectivity index (χ1n) is 10.7. The molecule has 2 atom stereocenters. The fourth-order valence-electron chi connectivity index (χ4n) is 4.17. The van der Waals surface area contributed by atoms with Gasteiger partial charge < -0.3 is 15.1 Å². The first-order valence-corrected chi connectivity index (χ1v) is 10.7. The SMILES string of the molecule is Cc1c(CNC(=O)[C@@H]2CCCN2C)ccc2nc(N[C@@H](C)c3ccccc3)oc(=O)c12. The number of carbonyl (C=O) groups is 1. The van der Waals surface area contributed by atoms with Crippen molar-refractivity contribution < 1.29 is 9.21 Å². The molecule has 3 aromatic rings. The molecule has 1 aliphatic rings. The minimum atomic E-state index is -0.436. The van der Waals surface area contributed by atoms with E-state index >= 15 is 0 Å². The molecule has 1 saturated heterocycles. The Hall–Kier alpha value is -3.19. The molecule has 0 unspecified atom stereocenters. The van der Waals surface area contributed by atoms with Crippen molar-refractivity contribution in [3.05, 3.63) is 69.6 Å². The Labute approximate surface area is 181 Å². The lowest BCUT2D eigenvalue weighted by Gasteiger charge is -2.19. The van der Waals surface area contributed by atoms with E-state index < -0.39 is 5.63 Å². The van der Waals surface area contributed by atoms with Gasteiger partial charge in [-0.1, -0.05) is 36.4 Å². The number of rotatable bonds is 6. The highest BCUT2D eigenvalue weighted by molar-refractivity contribution is 5.84. The standard InChI is InChI=1S/C24H28N4O3/c1-15-18(14-25-22(29)20-10-7-13-28(20)3)11-12-19-21(15)23(30)31-24(27-19)26-16(2)17-8-5-4-6-9-17/h4-6,8-9,11-12,16,20H,7,10,13-14H2,1-3H3,(H,25,29)(H,26,27)/t16-,20-/m0/s1. The van der Waals surface area contributed by atoms with Crippen molar-refractivity contribution in [1.29, 1.82) is 0 Å². The Morgan fingerprint density at radius 2 is 2.03 bits per heavy atom. The van der Waals surface area contributed by atoms with Crippen LogP contribution in [0.1, 0.15) is 42.5 Å². The average molecular weight is 421 g/mol. The van der Waals surface area contributed by atoms with Gasteiger partial charge in [0.15, 0.2) is 0 Å². The molecule has 2 aromatic carbocycles. The number of carbonyl (C=O) groups excluding carboxylic acids is 1. The number of aryl methyl sites for hydroxylation is 1. The summed E-state index contributed by atoms with van der Waals surface area (Å²) in [5, 5.41) is 6.61. The van der Waals surface area contributed by atoms with Crippen molar-refractivity contribution in [1.82, 2.24) is 15.2 Å². The summed E-state index contributed by atoms with van der Waals surface area (Å²) in [6.07, 6.45) is 1.92. The van der Waals surface area contributed by atoms with Crippen LogP contribution in [0.3, 0.4) is 0 Å². The fourth-order valence-corrected chi connectivity index (χ4v) is 4.17. The van der Waals surface area contributed by atoms with Crippen molar-refractivity contribution in [3.63, 3.8) is 0 Å². The molecule has 7 heteroatoms. The van der Waals surface area contributed by atoms with Gasteiger partial charge in [-0.05, 0) is 63.0 Å². The zero-order valence-electron chi connectivity index (χ0n) is 18.1. The van der Waals surface area contributed by atoms with E-state index in [9.17, 15) is 9.59 Å². The largest absolute Gasteiger partial charge is 0.389 e. The van der Waals surface area contributed by atoms with E-state index in [1.54, 1.807) is 6.07 Å². The summed E-state index contributed by atoms with van der Waals surface area (Å²) in [5.74, 6) is 0.0269. The molecule has 0 radical (unpaired) electrons. The minimum Gasteiger partial charge on any atom is -0.389 e. The summed E-state index contributed by atoms with van der Waals surface area (Å²) in [6.45, 7) is 5.16. The number of likely N-dealkylation sites (tertiary alicyclic amines) is 1. The number of hydrogen-bond donors (Lipinski definition) is 2. The number of nitrogens with one attached hydrogen (secondary N) is 2. The van der Waals surface area contributed by atoms with Crippen LogP contribution in [0.5, 0.6) is 0 Å². The topological polar surface area (TPSA) is 87.5 Å². The molecular formula is C24H28N4O3. The number of hydrogen-bond acceptors (Lipinski definition) is 6. The van der Waals surface area contributed by atoms with Gasteiger partial charge in [-0.25, -0.2) is 4.79 Å². The minimum absolute atomic E-state index is 0.0269. The molecule has 31 heavy (non-hydrogen) atoms. The summed E-state index contributed by atoms with van der Waals surface area (Å²) >= 11 is 0. The van der Waals surface area contributed by atoms with Crippen LogP contribution in [0.25, 0.3) is 10.9 Å². The Bertz CT molecular complexity index is 1140. The number of amides is 1. The van der Waals surface area contributed by atoms with Gasteiger partial charge in [0, 0.05) is 6.54 Å². The third kappa shape index (κ3) is 4.46. The van der Waals surface area contributed by atoms with E-state index in [4.69, 9.17) is 4.42 Å². The van der Waals surface area contributed by atoms with Crippen molar-refractivity contribution in [2.45, 2.75) is 45.3 Å². The summed E-state index contributed by atoms with van der Waals surface area (Å²) in [7, 11) is 1.97. The molecule has 0 saturated carbocycles. The first kappa shape index (κ1) is 21.1. The highest BCUT2D eigenvalue weighted by Crippen LogP contribution is 2.22. The lowest BCUT2D eigenvalue weighted by Crippen LogP contribution is -2.41. The van der Waals surface area contributed by atoms with Crippen LogP contribution in [-0.4, -0.2) is 35.4 Å². The number of likely N-dealkylation sites (N-methyl/N-ethyl adjacent to an activating group) is 1. The van der Waals surface area contributed by atoms with E-state index in [2.05, 4.69) is 20.5 Å². The Balaban J connectivity index is 1.53. The highest BCUT2D eigenvalue weighted by Gasteiger charge is 2.27. The van der Waals surface area contributed by atoms with Gasteiger partial charge in [-0.15, -0.1) is 0 Å². The van der Waals surface area contributed by atoms with E-state index in [0.29, 0.717) is 17.4 Å². The predicted molar refractivity (Wildman–Crippen MR) is 121 cm³/mol. The molecule has 2 N–H and O–H groups in total. The number of anilines is 1. The zero-order valence-corrected chi connectivity index (χ0v) is 18.1. The molecule has 1 aromatic heterocycles. The van der Waals surface area contributed by atoms with E-state index in [1.165, 1.54) is 0 Å². The predicted octanol–water partition coefficient (Wildman–Crippen LogP) is 3.38. The van der Waals surface area contributed by atoms with Crippen molar-refractivity contribution in [2.75, 3.05) is 18.9 Å². The lowest BCUT2D eigenvalue weighted by atomic mass is 10.0. The molecule has 4 rings (SSSR count). The van der Waals surface area contributed by atoms with Gasteiger partial charge in [0.1, 0.15) is 0 Å². The number of fused-ring (bicyclic) bond motifs is 1. The highest BCUT2D eigenvalue weighted by atomic mass is 16.4. The molecule has 0 bridgehead atoms. The van der Waals surface area contributed by atoms with Crippen molar-refractivity contribution in [2.24, 2.45) is 0 Å². The third-order valence-electron chi connectivity index (χ3n) is 6.09. The van der Waals surface area contributed by atoms with Crippen LogP contribution >= 0.6 is 0 Å². The number of nitrogens with zero attached hydrogens (tertiary/aromatic N) is 2. The maximum Gasteiger partial charge on any atom is 0.348 e. The quantitative estimate of drug-likeness (QED) is 0.636. The van der Waals surface area contributed by atoms with E-state index in [0.717, 1.165) is 36.1 Å². The number of aromatic nitrogens is 1. The molecule has 2 heterocycles. The van der Waals surface area contributed by atoms with Crippen LogP contribution in [0, 0.1) is 6.92 Å². The second-order valence-corrected chi connectivity index (χ2v) is 8.18. The van der Waals surface area contributed by atoms with Crippen molar-refractivity contribution >= 4 is 22.8 Å². The summed E-state index contributed by atoms with van der Waals surface area (Å²) < 4.78 is 5.47. The summed E-state index contributed by atoms with van der Waals surface area (Å²) in [4.78, 5) is 31.8. The number of benzene rings is 2. The summed E-state index contributed by atoms with van der Waals surface area (Å²) in [6, 6.07) is 13.7. The Morgan fingerprint density at radius 3 is 2.74 bits per heavy atom. The van der Waals surface area contributed by atoms with Crippen molar-refractivity contribution in [3.8, 4) is 0 Å². The van der Waals surface area contributed by atoms with Crippen LogP contribution in [0.15, 0.2) is 51.7 Å². The van der Waals surface area contributed by atoms with Gasteiger partial charge in [0.2, 0.25) is 5.91 Å². The molecule has 0 spiro atoms. The monoisotopic (exact) mass is 420 g/mol. The molecular weight excluding hydrogens is 392 g/mol. The second kappa shape index (κ2) is 8.89. The fraction of sp³-hybridized carbons (Fsp3) is 0.375. The molecule has 7 nitrogen and oxygen atoms in total. The molecule has 162 valence electrons. The Morgan fingerprint density at radius 1 is 1.26 bits per heavy atom. The van der Waals surface area contributed by atoms with Gasteiger partial charge >= 0.3 is 5.63 Å². The Kier molecular flexibility index (Phi) is 6.04. The van der Waals surface area contributed by atoms with Crippen LogP contribution in [0.4, 0.5) is 6.01 Å². The van der Waals surface area contributed by atoms with Gasteiger partial charge in [-0.2, -0.15) is 4.98 Å². The molecule has 1 fully saturated rings. The molecule has 1 aliphatic heterocycles. The average Bonchev–Trinajstić information content (AvgIpc) is 3.19. The van der Waals surface area contributed by atoms with Gasteiger partial charge in [-0.3, -0.25) is 9.69 Å². The third-order valence-corrected chi connectivity index (χ3v) is 6.09. The second-order valence-electron chi connectivity index (χ2n) is 8.18. The van der Waals surface area contributed by atoms with Gasteiger partial charge in [0.05, 0.1) is 23.0 Å². The summed E-state index contributed by atoms with van der Waals surface area (Å²) in [5.41, 5.74) is 2.87. The van der Waals surface area contributed by atoms with Gasteiger partial charge in [0.25, 0.3) is 6.01 Å². The lowest BCUT2D eigenvalue weighted by molar-refractivity contribution is -0.125. The van der Waals surface area contributed by atoms with E-state index in [-0.39, 0.29) is 24.0 Å². The van der Waals surface area contributed by atoms with E-state index in [1.807, 2.05) is 57.3 Å².